The number of anilines is 1. The number of pyridine rings is 1. The second-order valence-corrected chi connectivity index (χ2v) is 6.65. The number of hydrogen-bond acceptors (Lipinski definition) is 4. The number of hydrogen-bond donors (Lipinski definition) is 1. The first kappa shape index (κ1) is 16.0. The minimum Gasteiger partial charge on any atom is -0.326 e. The molecule has 6 heteroatoms. The summed E-state index contributed by atoms with van der Waals surface area (Å²) in [6.07, 6.45) is 3.78. The number of Topliss-reactive ketones (excluding diaryl/α,β-unsaturated/α-hetero) is 1. The Kier molecular flexibility index (Phi) is 4.98. The number of nitrogens with zero attached hydrogens (tertiary/aromatic N) is 1. The molecule has 0 unspecified atom stereocenters. The van der Waals surface area contributed by atoms with Gasteiger partial charge in [-0.3, -0.25) is 9.59 Å². The summed E-state index contributed by atoms with van der Waals surface area (Å²) in [5, 5.41) is 4.08. The zero-order valence-electron chi connectivity index (χ0n) is 12.3. The van der Waals surface area contributed by atoms with Crippen LogP contribution in [-0.2, 0) is 11.2 Å². The lowest BCUT2D eigenvalue weighted by atomic mass is 10.0. The Morgan fingerprint density at radius 2 is 2.17 bits per heavy atom. The van der Waals surface area contributed by atoms with Crippen molar-refractivity contribution >= 4 is 40.7 Å². The topological polar surface area (TPSA) is 59.1 Å². The molecule has 4 nitrogen and oxygen atoms in total. The van der Waals surface area contributed by atoms with E-state index in [9.17, 15) is 9.59 Å². The third kappa shape index (κ3) is 3.92. The average Bonchev–Trinajstić information content (AvgIpc) is 2.73. The number of aryl methyl sites for hydroxylation is 1. The predicted molar refractivity (Wildman–Crippen MR) is 92.3 cm³/mol. The Balaban J connectivity index is 1.72. The first-order chi connectivity index (χ1) is 11.1. The van der Waals surface area contributed by atoms with E-state index in [2.05, 4.69) is 10.3 Å². The summed E-state index contributed by atoms with van der Waals surface area (Å²) in [6, 6.07) is 8.96. The molecular formula is C17H15ClN2O2S. The number of thioether (sulfide) groups is 1. The molecule has 0 radical (unpaired) electrons. The Morgan fingerprint density at radius 3 is 3.00 bits per heavy atom. The molecule has 1 N–H and O–H groups in total. The van der Waals surface area contributed by atoms with Gasteiger partial charge in [0.05, 0.1) is 10.8 Å². The summed E-state index contributed by atoms with van der Waals surface area (Å²) >= 11 is 7.38. The van der Waals surface area contributed by atoms with Gasteiger partial charge < -0.3 is 5.32 Å². The molecule has 2 aromatic rings. The van der Waals surface area contributed by atoms with Crippen LogP contribution in [0, 0.1) is 0 Å². The van der Waals surface area contributed by atoms with E-state index in [0.29, 0.717) is 22.0 Å². The van der Waals surface area contributed by atoms with Crippen LogP contribution in [0.3, 0.4) is 0 Å². The van der Waals surface area contributed by atoms with Crippen LogP contribution in [0.1, 0.15) is 28.8 Å². The zero-order chi connectivity index (χ0) is 16.2. The Morgan fingerprint density at radius 1 is 1.30 bits per heavy atom. The van der Waals surface area contributed by atoms with Crippen molar-refractivity contribution in [1.82, 2.24) is 4.98 Å². The molecule has 1 aromatic heterocycles. The van der Waals surface area contributed by atoms with Gasteiger partial charge in [-0.25, -0.2) is 4.98 Å². The fourth-order valence-corrected chi connectivity index (χ4v) is 3.50. The highest BCUT2D eigenvalue weighted by Gasteiger charge is 2.15. The fourth-order valence-electron chi connectivity index (χ4n) is 2.44. The molecule has 0 saturated carbocycles. The summed E-state index contributed by atoms with van der Waals surface area (Å²) < 4.78 is 0. The molecule has 0 atom stereocenters. The van der Waals surface area contributed by atoms with Crippen LogP contribution in [0.5, 0.6) is 0 Å². The maximum atomic E-state index is 12.4. The van der Waals surface area contributed by atoms with E-state index in [4.69, 9.17) is 11.6 Å². The Hall–Kier alpha value is -1.85. The second kappa shape index (κ2) is 7.15. The van der Waals surface area contributed by atoms with Gasteiger partial charge >= 0.3 is 0 Å². The van der Waals surface area contributed by atoms with Gasteiger partial charge in [0.2, 0.25) is 5.91 Å². The summed E-state index contributed by atoms with van der Waals surface area (Å²) in [4.78, 5) is 28.1. The number of halogens is 1. The summed E-state index contributed by atoms with van der Waals surface area (Å²) in [5.74, 6) is 0.334. The minimum atomic E-state index is 0.0232. The lowest BCUT2D eigenvalue weighted by molar-refractivity contribution is -0.116. The highest BCUT2D eigenvalue weighted by Crippen LogP contribution is 2.27. The van der Waals surface area contributed by atoms with E-state index in [0.717, 1.165) is 24.1 Å². The van der Waals surface area contributed by atoms with Crippen molar-refractivity contribution in [2.45, 2.75) is 24.3 Å². The molecule has 1 aliphatic rings. The van der Waals surface area contributed by atoms with Crippen molar-refractivity contribution in [3.8, 4) is 0 Å². The van der Waals surface area contributed by atoms with E-state index < -0.39 is 0 Å². The van der Waals surface area contributed by atoms with E-state index >= 15 is 0 Å². The van der Waals surface area contributed by atoms with E-state index in [-0.39, 0.29) is 17.4 Å². The zero-order valence-corrected chi connectivity index (χ0v) is 13.9. The molecule has 0 fully saturated rings. The normalized spacial score (nSPS) is 13.9. The molecule has 1 aliphatic heterocycles. The van der Waals surface area contributed by atoms with Crippen LogP contribution in [0.25, 0.3) is 0 Å². The van der Waals surface area contributed by atoms with Gasteiger partial charge in [-0.2, -0.15) is 0 Å². The van der Waals surface area contributed by atoms with Crippen LogP contribution in [0.4, 0.5) is 5.69 Å². The van der Waals surface area contributed by atoms with Crippen LogP contribution >= 0.6 is 23.4 Å². The maximum absolute atomic E-state index is 12.4. The predicted octanol–water partition coefficient (Wildman–Crippen LogP) is 3.98. The standard InChI is InChI=1S/C17H15ClN2O2S/c18-13-4-2-8-19-17(13)23-10-15(21)12-6-7-14-11(9-12)3-1-5-16(22)20-14/h2,4,6-9H,1,3,5,10H2,(H,20,22). The fraction of sp³-hybridized carbons (Fsp3) is 0.235. The molecular weight excluding hydrogens is 332 g/mol. The lowest BCUT2D eigenvalue weighted by Crippen LogP contribution is -2.10. The quantitative estimate of drug-likeness (QED) is 0.672. The van der Waals surface area contributed by atoms with Crippen molar-refractivity contribution in [2.75, 3.05) is 11.1 Å². The number of ketones is 1. The van der Waals surface area contributed by atoms with Crippen LogP contribution in [-0.4, -0.2) is 22.4 Å². The molecule has 0 saturated heterocycles. The van der Waals surface area contributed by atoms with Crippen LogP contribution in [0.2, 0.25) is 5.02 Å². The molecule has 118 valence electrons. The first-order valence-corrected chi connectivity index (χ1v) is 8.69. The minimum absolute atomic E-state index is 0.0232. The second-order valence-electron chi connectivity index (χ2n) is 5.28. The summed E-state index contributed by atoms with van der Waals surface area (Å²) in [6.45, 7) is 0. The third-order valence-corrected chi connectivity index (χ3v) is 5.04. The van der Waals surface area contributed by atoms with Gasteiger partial charge in [0.1, 0.15) is 5.03 Å². The van der Waals surface area contributed by atoms with E-state index in [1.165, 1.54) is 11.8 Å². The number of fused-ring (bicyclic) bond motifs is 1. The molecule has 3 rings (SSSR count). The van der Waals surface area contributed by atoms with Gasteiger partial charge in [-0.15, -0.1) is 0 Å². The monoisotopic (exact) mass is 346 g/mol. The molecule has 2 heterocycles. The molecule has 1 amide bonds. The molecule has 1 aromatic carbocycles. The van der Waals surface area contributed by atoms with Gasteiger partial charge in [0.15, 0.2) is 5.78 Å². The van der Waals surface area contributed by atoms with Crippen molar-refractivity contribution in [1.29, 1.82) is 0 Å². The summed E-state index contributed by atoms with van der Waals surface area (Å²) in [7, 11) is 0. The first-order valence-electron chi connectivity index (χ1n) is 7.33. The molecule has 0 aliphatic carbocycles. The maximum Gasteiger partial charge on any atom is 0.224 e. The SMILES string of the molecule is O=C1CCCc2cc(C(=O)CSc3ncccc3Cl)ccc2N1. The number of nitrogens with one attached hydrogen (secondary N) is 1. The van der Waals surface area contributed by atoms with Crippen LogP contribution < -0.4 is 5.32 Å². The number of benzene rings is 1. The number of carbonyl (C=O) groups excluding carboxylic acids is 2. The highest BCUT2D eigenvalue weighted by atomic mass is 35.5. The van der Waals surface area contributed by atoms with Crippen molar-refractivity contribution in [3.05, 3.63) is 52.7 Å². The average molecular weight is 347 g/mol. The summed E-state index contributed by atoms with van der Waals surface area (Å²) in [5.41, 5.74) is 2.48. The molecule has 0 spiro atoms. The van der Waals surface area contributed by atoms with Crippen LogP contribution in [0.15, 0.2) is 41.6 Å². The largest absolute Gasteiger partial charge is 0.326 e. The number of carbonyl (C=O) groups is 2. The Labute approximate surface area is 143 Å². The third-order valence-electron chi connectivity index (χ3n) is 3.62. The Bertz CT molecular complexity index is 764. The van der Waals surface area contributed by atoms with Gasteiger partial charge in [0.25, 0.3) is 0 Å². The van der Waals surface area contributed by atoms with E-state index in [1.54, 1.807) is 24.4 Å². The highest BCUT2D eigenvalue weighted by molar-refractivity contribution is 8.00. The van der Waals surface area contributed by atoms with Crippen molar-refractivity contribution in [3.63, 3.8) is 0 Å². The van der Waals surface area contributed by atoms with Gasteiger partial charge in [0, 0.05) is 23.9 Å². The van der Waals surface area contributed by atoms with Gasteiger partial charge in [-0.1, -0.05) is 23.4 Å². The number of aromatic nitrogens is 1. The molecule has 23 heavy (non-hydrogen) atoms. The van der Waals surface area contributed by atoms with Crippen molar-refractivity contribution < 1.29 is 9.59 Å². The number of amides is 1. The van der Waals surface area contributed by atoms with Gasteiger partial charge in [-0.05, 0) is 48.7 Å². The smallest absolute Gasteiger partial charge is 0.224 e. The van der Waals surface area contributed by atoms with E-state index in [1.807, 2.05) is 12.1 Å². The number of rotatable bonds is 4. The lowest BCUT2D eigenvalue weighted by Gasteiger charge is -2.09. The molecule has 0 bridgehead atoms. The van der Waals surface area contributed by atoms with Crippen molar-refractivity contribution in [2.24, 2.45) is 0 Å².